The molecule has 1 spiro atoms. The van der Waals surface area contributed by atoms with Gasteiger partial charge in [-0.15, -0.1) is 0 Å². The van der Waals surface area contributed by atoms with Crippen LogP contribution in [0.15, 0.2) is 12.3 Å². The van der Waals surface area contributed by atoms with Crippen molar-refractivity contribution in [3.05, 3.63) is 18.0 Å². The first-order valence-electron chi connectivity index (χ1n) is 8.13. The fourth-order valence-corrected chi connectivity index (χ4v) is 3.68. The average Bonchev–Trinajstić information content (AvgIpc) is 3.03. The van der Waals surface area contributed by atoms with Crippen LogP contribution in [0.3, 0.4) is 0 Å². The van der Waals surface area contributed by atoms with Gasteiger partial charge in [-0.1, -0.05) is 19.3 Å². The minimum Gasteiger partial charge on any atom is -0.370 e. The van der Waals surface area contributed by atoms with E-state index in [1.807, 2.05) is 17.9 Å². The maximum absolute atomic E-state index is 6.36. The lowest BCUT2D eigenvalue weighted by atomic mass is 9.83. The number of aryl methyl sites for hydroxylation is 1. The topological polar surface area (TPSA) is 39.1 Å². The van der Waals surface area contributed by atoms with Crippen LogP contribution in [0.2, 0.25) is 0 Å². The Hall–Kier alpha value is -0.870. The van der Waals surface area contributed by atoms with Gasteiger partial charge in [0.1, 0.15) is 0 Å². The summed E-state index contributed by atoms with van der Waals surface area (Å²) in [4.78, 5) is 0. The van der Waals surface area contributed by atoms with Gasteiger partial charge in [0.2, 0.25) is 0 Å². The summed E-state index contributed by atoms with van der Waals surface area (Å²) in [7, 11) is 1.97. The minimum absolute atomic E-state index is 0.256. The van der Waals surface area contributed by atoms with Gasteiger partial charge in [0.25, 0.3) is 0 Å². The van der Waals surface area contributed by atoms with Gasteiger partial charge in [-0.05, 0) is 31.7 Å². The lowest BCUT2D eigenvalue weighted by Gasteiger charge is -2.33. The third-order valence-electron chi connectivity index (χ3n) is 4.80. The molecule has 0 radical (unpaired) electrons. The zero-order valence-electron chi connectivity index (χ0n) is 12.6. The van der Waals surface area contributed by atoms with E-state index < -0.39 is 0 Å². The Labute approximate surface area is 121 Å². The predicted molar refractivity (Wildman–Crippen MR) is 79.7 cm³/mol. The monoisotopic (exact) mass is 277 g/mol. The van der Waals surface area contributed by atoms with Crippen LogP contribution in [-0.4, -0.2) is 34.6 Å². The van der Waals surface area contributed by atoms with E-state index in [0.717, 1.165) is 25.2 Å². The van der Waals surface area contributed by atoms with Gasteiger partial charge in [0.05, 0.1) is 17.4 Å². The number of aromatic nitrogens is 2. The third kappa shape index (κ3) is 3.41. The molecular formula is C16H27N3O. The first-order chi connectivity index (χ1) is 9.76. The molecule has 2 aliphatic rings. The predicted octanol–water partition coefficient (Wildman–Crippen LogP) is 2.43. The molecule has 0 bridgehead atoms. The van der Waals surface area contributed by atoms with Crippen molar-refractivity contribution in [1.29, 1.82) is 0 Å². The van der Waals surface area contributed by atoms with E-state index in [-0.39, 0.29) is 5.60 Å². The van der Waals surface area contributed by atoms with Crippen LogP contribution in [0.1, 0.15) is 50.6 Å². The maximum Gasteiger partial charge on any atom is 0.0708 e. The molecule has 1 N–H and O–H groups in total. The van der Waals surface area contributed by atoms with E-state index >= 15 is 0 Å². The van der Waals surface area contributed by atoms with Crippen molar-refractivity contribution in [2.75, 3.05) is 13.1 Å². The fourth-order valence-electron chi connectivity index (χ4n) is 3.68. The molecule has 3 rings (SSSR count). The number of nitrogens with one attached hydrogen (secondary N) is 1. The standard InChI is InChI=1S/C16H27N3O/c1-19-12-7-14(18-19)6-11-17-13-15-5-10-16(20-15)8-3-2-4-9-16/h7,12,15,17H,2-6,8-11,13H2,1H3. The highest BCUT2D eigenvalue weighted by Gasteiger charge is 2.40. The first-order valence-corrected chi connectivity index (χ1v) is 8.13. The second-order valence-corrected chi connectivity index (χ2v) is 6.46. The summed E-state index contributed by atoms with van der Waals surface area (Å²) in [5, 5.41) is 7.93. The quantitative estimate of drug-likeness (QED) is 0.840. The number of hydrogen-bond donors (Lipinski definition) is 1. The van der Waals surface area contributed by atoms with Crippen molar-refractivity contribution in [3.8, 4) is 0 Å². The van der Waals surface area contributed by atoms with Crippen LogP contribution in [0, 0.1) is 0 Å². The molecule has 1 aromatic heterocycles. The first kappa shape index (κ1) is 14.1. The van der Waals surface area contributed by atoms with Gasteiger partial charge in [0, 0.05) is 32.8 Å². The molecule has 4 heteroatoms. The summed E-state index contributed by atoms with van der Waals surface area (Å²) < 4.78 is 8.23. The van der Waals surface area contributed by atoms with E-state index in [1.165, 1.54) is 44.9 Å². The smallest absolute Gasteiger partial charge is 0.0708 e. The number of nitrogens with zero attached hydrogens (tertiary/aromatic N) is 2. The Balaban J connectivity index is 1.35. The molecular weight excluding hydrogens is 250 g/mol. The summed E-state index contributed by atoms with van der Waals surface area (Å²) in [6.07, 6.45) is 12.6. The Morgan fingerprint density at radius 3 is 2.95 bits per heavy atom. The number of ether oxygens (including phenoxy) is 1. The molecule has 2 heterocycles. The molecule has 1 saturated carbocycles. The molecule has 0 aromatic carbocycles. The number of rotatable bonds is 5. The van der Waals surface area contributed by atoms with Crippen molar-refractivity contribution < 1.29 is 4.74 Å². The molecule has 2 fully saturated rings. The second-order valence-electron chi connectivity index (χ2n) is 6.46. The largest absolute Gasteiger partial charge is 0.370 e. The van der Waals surface area contributed by atoms with Crippen LogP contribution < -0.4 is 5.32 Å². The normalized spacial score (nSPS) is 25.4. The lowest BCUT2D eigenvalue weighted by Crippen LogP contribution is -2.35. The zero-order valence-corrected chi connectivity index (χ0v) is 12.6. The summed E-state index contributed by atoms with van der Waals surface area (Å²) in [5.74, 6) is 0. The lowest BCUT2D eigenvalue weighted by molar-refractivity contribution is -0.0622. The van der Waals surface area contributed by atoms with Crippen LogP contribution in [0.5, 0.6) is 0 Å². The fraction of sp³-hybridized carbons (Fsp3) is 0.812. The summed E-state index contributed by atoms with van der Waals surface area (Å²) >= 11 is 0. The summed E-state index contributed by atoms with van der Waals surface area (Å²) in [6, 6.07) is 2.09. The Kier molecular flexibility index (Phi) is 4.41. The molecule has 112 valence electrons. The minimum atomic E-state index is 0.256. The van der Waals surface area contributed by atoms with E-state index in [1.54, 1.807) is 0 Å². The highest BCUT2D eigenvalue weighted by Crippen LogP contribution is 2.41. The highest BCUT2D eigenvalue weighted by atomic mass is 16.5. The maximum atomic E-state index is 6.36. The van der Waals surface area contributed by atoms with Crippen molar-refractivity contribution in [1.82, 2.24) is 15.1 Å². The zero-order chi connectivity index (χ0) is 13.8. The molecule has 1 unspecified atom stereocenters. The van der Waals surface area contributed by atoms with Crippen molar-refractivity contribution in [2.45, 2.75) is 63.1 Å². The van der Waals surface area contributed by atoms with Gasteiger partial charge >= 0.3 is 0 Å². The molecule has 1 atom stereocenters. The van der Waals surface area contributed by atoms with Crippen LogP contribution in [-0.2, 0) is 18.2 Å². The van der Waals surface area contributed by atoms with Crippen molar-refractivity contribution in [2.24, 2.45) is 7.05 Å². The Bertz CT molecular complexity index is 423. The van der Waals surface area contributed by atoms with E-state index in [4.69, 9.17) is 4.74 Å². The average molecular weight is 277 g/mol. The molecule has 0 amide bonds. The van der Waals surface area contributed by atoms with Crippen molar-refractivity contribution in [3.63, 3.8) is 0 Å². The van der Waals surface area contributed by atoms with Gasteiger partial charge in [-0.3, -0.25) is 4.68 Å². The molecule has 1 aromatic rings. The molecule has 1 aliphatic heterocycles. The van der Waals surface area contributed by atoms with Gasteiger partial charge < -0.3 is 10.1 Å². The van der Waals surface area contributed by atoms with E-state index in [2.05, 4.69) is 16.5 Å². The third-order valence-corrected chi connectivity index (χ3v) is 4.80. The number of hydrogen-bond acceptors (Lipinski definition) is 3. The van der Waals surface area contributed by atoms with E-state index in [0.29, 0.717) is 6.10 Å². The van der Waals surface area contributed by atoms with Gasteiger partial charge in [0.15, 0.2) is 0 Å². The van der Waals surface area contributed by atoms with Gasteiger partial charge in [-0.25, -0.2) is 0 Å². The Morgan fingerprint density at radius 2 is 2.20 bits per heavy atom. The van der Waals surface area contributed by atoms with E-state index in [9.17, 15) is 0 Å². The molecule has 1 aliphatic carbocycles. The van der Waals surface area contributed by atoms with Gasteiger partial charge in [-0.2, -0.15) is 5.10 Å². The summed E-state index contributed by atoms with van der Waals surface area (Å²) in [6.45, 7) is 1.98. The summed E-state index contributed by atoms with van der Waals surface area (Å²) in [5.41, 5.74) is 1.42. The second kappa shape index (κ2) is 6.27. The van der Waals surface area contributed by atoms with Crippen LogP contribution >= 0.6 is 0 Å². The Morgan fingerprint density at radius 1 is 1.35 bits per heavy atom. The highest BCUT2D eigenvalue weighted by molar-refractivity contribution is 4.99. The van der Waals surface area contributed by atoms with Crippen molar-refractivity contribution >= 4 is 0 Å². The van der Waals surface area contributed by atoms with Crippen LogP contribution in [0.4, 0.5) is 0 Å². The molecule has 4 nitrogen and oxygen atoms in total. The SMILES string of the molecule is Cn1ccc(CCNCC2CCC3(CCCCC3)O2)n1. The molecule has 1 saturated heterocycles. The molecule has 20 heavy (non-hydrogen) atoms. The van der Waals surface area contributed by atoms with Crippen LogP contribution in [0.25, 0.3) is 0 Å².